The topological polar surface area (TPSA) is 132 Å². The number of carbonyl (C=O) groups excluding carboxylic acids is 1. The number of hydrazone groups is 1. The third kappa shape index (κ3) is 3.52. The van der Waals surface area contributed by atoms with E-state index in [1.807, 2.05) is 0 Å². The SMILES string of the molecule is CNS(=O)(=O)c1ccccc1N/N=C1\C(=O)Nc2ccc(/C(C)=N/O)cc21. The average Bonchev–Trinajstić information content (AvgIpc) is 3.00. The largest absolute Gasteiger partial charge is 0.411 e. The highest BCUT2D eigenvalue weighted by Crippen LogP contribution is 2.26. The number of oxime groups is 1. The maximum atomic E-state index is 12.2. The molecule has 3 rings (SSSR count). The summed E-state index contributed by atoms with van der Waals surface area (Å²) in [5.41, 5.74) is 5.06. The fraction of sp³-hybridized carbons (Fsp3) is 0.118. The van der Waals surface area contributed by atoms with Crippen LogP contribution in [-0.2, 0) is 14.8 Å². The van der Waals surface area contributed by atoms with Gasteiger partial charge in [-0.3, -0.25) is 10.2 Å². The summed E-state index contributed by atoms with van der Waals surface area (Å²) in [4.78, 5) is 12.3. The predicted octanol–water partition coefficient (Wildman–Crippen LogP) is 1.56. The molecule has 1 amide bonds. The summed E-state index contributed by atoms with van der Waals surface area (Å²) < 4.78 is 26.5. The minimum Gasteiger partial charge on any atom is -0.411 e. The molecule has 2 aromatic rings. The van der Waals surface area contributed by atoms with Crippen LogP contribution in [0.25, 0.3) is 0 Å². The van der Waals surface area contributed by atoms with E-state index in [-0.39, 0.29) is 16.3 Å². The quantitative estimate of drug-likeness (QED) is 0.351. The number of hydrogen-bond acceptors (Lipinski definition) is 7. The fourth-order valence-electron chi connectivity index (χ4n) is 2.57. The fourth-order valence-corrected chi connectivity index (χ4v) is 3.45. The van der Waals surface area contributed by atoms with Crippen molar-refractivity contribution < 1.29 is 18.4 Å². The van der Waals surface area contributed by atoms with Crippen LogP contribution in [0.1, 0.15) is 18.1 Å². The van der Waals surface area contributed by atoms with Crippen molar-refractivity contribution in [2.75, 3.05) is 17.8 Å². The third-order valence-corrected chi connectivity index (χ3v) is 5.51. The smallest absolute Gasteiger partial charge is 0.276 e. The van der Waals surface area contributed by atoms with Crippen molar-refractivity contribution in [3.05, 3.63) is 53.6 Å². The van der Waals surface area contributed by atoms with Crippen LogP contribution in [0.15, 0.2) is 57.6 Å². The van der Waals surface area contributed by atoms with Gasteiger partial charge in [-0.15, -0.1) is 0 Å². The van der Waals surface area contributed by atoms with Gasteiger partial charge in [0.15, 0.2) is 5.71 Å². The summed E-state index contributed by atoms with van der Waals surface area (Å²) in [7, 11) is -2.39. The Morgan fingerprint density at radius 1 is 1.19 bits per heavy atom. The minimum atomic E-state index is -3.70. The molecule has 0 spiro atoms. The molecular formula is C17H17N5O4S. The lowest BCUT2D eigenvalue weighted by Gasteiger charge is -2.09. The molecule has 0 saturated heterocycles. The van der Waals surface area contributed by atoms with Crippen molar-refractivity contribution in [1.82, 2.24) is 4.72 Å². The molecule has 0 saturated carbocycles. The molecule has 140 valence electrons. The monoisotopic (exact) mass is 387 g/mol. The van der Waals surface area contributed by atoms with Crippen LogP contribution in [-0.4, -0.2) is 38.0 Å². The van der Waals surface area contributed by atoms with Gasteiger partial charge in [0, 0.05) is 5.56 Å². The predicted molar refractivity (Wildman–Crippen MR) is 102 cm³/mol. The van der Waals surface area contributed by atoms with E-state index in [1.165, 1.54) is 13.1 Å². The molecule has 1 heterocycles. The first-order valence-electron chi connectivity index (χ1n) is 7.88. The molecule has 0 unspecified atom stereocenters. The van der Waals surface area contributed by atoms with Crippen molar-refractivity contribution in [3.8, 4) is 0 Å². The Morgan fingerprint density at radius 3 is 2.63 bits per heavy atom. The molecule has 9 nitrogen and oxygen atoms in total. The van der Waals surface area contributed by atoms with E-state index in [1.54, 1.807) is 43.3 Å². The van der Waals surface area contributed by atoms with Gasteiger partial charge < -0.3 is 10.5 Å². The number of carbonyl (C=O) groups is 1. The Hall–Kier alpha value is -3.24. The molecule has 0 aromatic heterocycles. The Balaban J connectivity index is 2.01. The number of fused-ring (bicyclic) bond motifs is 1. The Labute approximate surface area is 155 Å². The first-order valence-corrected chi connectivity index (χ1v) is 9.37. The van der Waals surface area contributed by atoms with Crippen LogP contribution < -0.4 is 15.5 Å². The van der Waals surface area contributed by atoms with Crippen LogP contribution in [0.5, 0.6) is 0 Å². The van der Waals surface area contributed by atoms with Gasteiger partial charge >= 0.3 is 0 Å². The van der Waals surface area contributed by atoms with Gasteiger partial charge in [-0.2, -0.15) is 5.10 Å². The number of amides is 1. The lowest BCUT2D eigenvalue weighted by molar-refractivity contribution is -0.110. The molecular weight excluding hydrogens is 370 g/mol. The molecule has 0 fully saturated rings. The summed E-state index contributed by atoms with van der Waals surface area (Å²) in [5, 5.41) is 18.9. The van der Waals surface area contributed by atoms with E-state index in [0.717, 1.165) is 0 Å². The molecule has 0 radical (unpaired) electrons. The molecule has 0 bridgehead atoms. The standard InChI is InChI=1S/C17H17N5O4S/c1-10(22-24)11-7-8-13-12(9-11)16(17(23)19-13)21-20-14-5-3-4-6-15(14)27(25,26)18-2/h3-9,18,20,24H,1-2H3,(H,19,21,23)/b22-10+. The molecule has 2 aromatic carbocycles. The van der Waals surface area contributed by atoms with Crippen LogP contribution >= 0.6 is 0 Å². The number of rotatable bonds is 5. The first-order chi connectivity index (χ1) is 12.9. The highest BCUT2D eigenvalue weighted by atomic mass is 32.2. The maximum Gasteiger partial charge on any atom is 0.276 e. The van der Waals surface area contributed by atoms with Crippen LogP contribution in [0.3, 0.4) is 0 Å². The minimum absolute atomic E-state index is 0.00693. The highest BCUT2D eigenvalue weighted by molar-refractivity contribution is 7.89. The lowest BCUT2D eigenvalue weighted by atomic mass is 10.0. The zero-order chi connectivity index (χ0) is 19.6. The number of nitrogens with zero attached hydrogens (tertiary/aromatic N) is 2. The van der Waals surface area contributed by atoms with E-state index in [4.69, 9.17) is 5.21 Å². The zero-order valence-corrected chi connectivity index (χ0v) is 15.3. The summed E-state index contributed by atoms with van der Waals surface area (Å²) >= 11 is 0. The Bertz CT molecular complexity index is 1080. The second-order valence-electron chi connectivity index (χ2n) is 5.68. The molecule has 10 heteroatoms. The van der Waals surface area contributed by atoms with E-state index in [2.05, 4.69) is 25.7 Å². The third-order valence-electron chi connectivity index (χ3n) is 4.04. The van der Waals surface area contributed by atoms with Gasteiger partial charge in [-0.05, 0) is 43.8 Å². The van der Waals surface area contributed by atoms with Crippen LogP contribution in [0.4, 0.5) is 11.4 Å². The van der Waals surface area contributed by atoms with Gasteiger partial charge in [0.25, 0.3) is 5.91 Å². The summed E-state index contributed by atoms with van der Waals surface area (Å²) in [5.74, 6) is -0.429. The molecule has 1 aliphatic heterocycles. The maximum absolute atomic E-state index is 12.2. The van der Waals surface area contributed by atoms with Crippen LogP contribution in [0.2, 0.25) is 0 Å². The van der Waals surface area contributed by atoms with Crippen molar-refractivity contribution in [3.63, 3.8) is 0 Å². The second-order valence-corrected chi connectivity index (χ2v) is 7.53. The van der Waals surface area contributed by atoms with Crippen molar-refractivity contribution >= 4 is 38.7 Å². The Kier molecular flexibility index (Phi) is 4.93. The van der Waals surface area contributed by atoms with E-state index >= 15 is 0 Å². The molecule has 27 heavy (non-hydrogen) atoms. The first kappa shape index (κ1) is 18.5. The van der Waals surface area contributed by atoms with E-state index < -0.39 is 15.9 Å². The van der Waals surface area contributed by atoms with Gasteiger partial charge in [-0.25, -0.2) is 13.1 Å². The number of hydrogen-bond donors (Lipinski definition) is 4. The number of anilines is 2. The number of benzene rings is 2. The van der Waals surface area contributed by atoms with Gasteiger partial charge in [-0.1, -0.05) is 23.4 Å². The molecule has 1 aliphatic rings. The second kappa shape index (κ2) is 7.17. The van der Waals surface area contributed by atoms with Gasteiger partial charge in [0.05, 0.1) is 17.1 Å². The van der Waals surface area contributed by atoms with Gasteiger partial charge in [0.1, 0.15) is 4.90 Å². The summed E-state index contributed by atoms with van der Waals surface area (Å²) in [6, 6.07) is 11.3. The summed E-state index contributed by atoms with van der Waals surface area (Å²) in [6.45, 7) is 1.62. The normalized spacial score (nSPS) is 15.6. The average molecular weight is 387 g/mol. The zero-order valence-electron chi connectivity index (χ0n) is 14.5. The molecule has 0 atom stereocenters. The number of para-hydroxylation sites is 1. The summed E-state index contributed by atoms with van der Waals surface area (Å²) in [6.07, 6.45) is 0. The molecule has 0 aliphatic carbocycles. The van der Waals surface area contributed by atoms with Crippen LogP contribution in [0, 0.1) is 0 Å². The lowest BCUT2D eigenvalue weighted by Crippen LogP contribution is -2.20. The van der Waals surface area contributed by atoms with Gasteiger partial charge in [0.2, 0.25) is 10.0 Å². The number of nitrogens with one attached hydrogen (secondary N) is 3. The number of sulfonamides is 1. The Morgan fingerprint density at radius 2 is 1.93 bits per heavy atom. The van der Waals surface area contributed by atoms with Crippen molar-refractivity contribution in [2.45, 2.75) is 11.8 Å². The van der Waals surface area contributed by atoms with Crippen molar-refractivity contribution in [1.29, 1.82) is 0 Å². The highest BCUT2D eigenvalue weighted by Gasteiger charge is 2.27. The van der Waals surface area contributed by atoms with Crippen molar-refractivity contribution in [2.24, 2.45) is 10.3 Å². The van der Waals surface area contributed by atoms with E-state index in [0.29, 0.717) is 22.5 Å². The van der Waals surface area contributed by atoms with E-state index in [9.17, 15) is 13.2 Å². The molecule has 4 N–H and O–H groups in total.